The Kier molecular flexibility index (Phi) is 6.16. The van der Waals surface area contributed by atoms with Gasteiger partial charge in [0.25, 0.3) is 5.91 Å². The normalized spacial score (nSPS) is 10.5. The SMILES string of the molecule is CCc1ccc(C(=O)N(CCCN)Cc2ccccc2)cc1. The Labute approximate surface area is 132 Å². The molecule has 0 aromatic heterocycles. The average molecular weight is 296 g/mol. The van der Waals surface area contributed by atoms with Gasteiger partial charge in [-0.3, -0.25) is 4.79 Å². The first-order chi connectivity index (χ1) is 10.7. The van der Waals surface area contributed by atoms with Crippen LogP contribution in [-0.4, -0.2) is 23.9 Å². The van der Waals surface area contributed by atoms with Crippen LogP contribution in [0.15, 0.2) is 54.6 Å². The van der Waals surface area contributed by atoms with Crippen molar-refractivity contribution in [3.63, 3.8) is 0 Å². The molecule has 2 aromatic rings. The van der Waals surface area contributed by atoms with E-state index in [0.717, 1.165) is 24.0 Å². The number of nitrogens with two attached hydrogens (primary N) is 1. The molecule has 2 N–H and O–H groups in total. The Morgan fingerprint density at radius 2 is 1.68 bits per heavy atom. The predicted octanol–water partition coefficient (Wildman–Crippen LogP) is 3.24. The highest BCUT2D eigenvalue weighted by atomic mass is 16.2. The van der Waals surface area contributed by atoms with Gasteiger partial charge in [0.2, 0.25) is 0 Å². The van der Waals surface area contributed by atoms with E-state index in [4.69, 9.17) is 5.73 Å². The fourth-order valence-corrected chi connectivity index (χ4v) is 2.40. The topological polar surface area (TPSA) is 46.3 Å². The van der Waals surface area contributed by atoms with Crippen molar-refractivity contribution in [2.75, 3.05) is 13.1 Å². The molecule has 0 bridgehead atoms. The largest absolute Gasteiger partial charge is 0.334 e. The maximum absolute atomic E-state index is 12.7. The molecule has 116 valence electrons. The van der Waals surface area contributed by atoms with Crippen molar-refractivity contribution in [3.8, 4) is 0 Å². The summed E-state index contributed by atoms with van der Waals surface area (Å²) in [4.78, 5) is 14.6. The summed E-state index contributed by atoms with van der Waals surface area (Å²) in [5.41, 5.74) is 8.73. The minimum absolute atomic E-state index is 0.0694. The second kappa shape index (κ2) is 8.35. The molecule has 0 fully saturated rings. The Morgan fingerprint density at radius 1 is 1.00 bits per heavy atom. The summed E-state index contributed by atoms with van der Waals surface area (Å²) < 4.78 is 0. The fraction of sp³-hybridized carbons (Fsp3) is 0.316. The van der Waals surface area contributed by atoms with Crippen molar-refractivity contribution in [1.82, 2.24) is 4.90 Å². The zero-order valence-corrected chi connectivity index (χ0v) is 13.2. The molecule has 1 amide bonds. The van der Waals surface area contributed by atoms with E-state index in [9.17, 15) is 4.79 Å². The van der Waals surface area contributed by atoms with E-state index in [0.29, 0.717) is 19.6 Å². The van der Waals surface area contributed by atoms with Crippen LogP contribution in [0.2, 0.25) is 0 Å². The number of hydrogen-bond donors (Lipinski definition) is 1. The van der Waals surface area contributed by atoms with Gasteiger partial charge in [-0.05, 0) is 42.6 Å². The van der Waals surface area contributed by atoms with Crippen LogP contribution in [0.1, 0.15) is 34.8 Å². The van der Waals surface area contributed by atoms with Gasteiger partial charge in [0.05, 0.1) is 0 Å². The lowest BCUT2D eigenvalue weighted by atomic mass is 10.1. The van der Waals surface area contributed by atoms with Crippen molar-refractivity contribution in [2.24, 2.45) is 5.73 Å². The fourth-order valence-electron chi connectivity index (χ4n) is 2.40. The summed E-state index contributed by atoms with van der Waals surface area (Å²) in [6, 6.07) is 18.0. The summed E-state index contributed by atoms with van der Waals surface area (Å²) in [6.07, 6.45) is 1.79. The molecular formula is C19H24N2O. The van der Waals surface area contributed by atoms with Crippen LogP contribution in [-0.2, 0) is 13.0 Å². The van der Waals surface area contributed by atoms with E-state index in [1.807, 2.05) is 59.5 Å². The molecule has 3 heteroatoms. The minimum atomic E-state index is 0.0694. The summed E-state index contributed by atoms with van der Waals surface area (Å²) in [5, 5.41) is 0. The third-order valence-electron chi connectivity index (χ3n) is 3.74. The lowest BCUT2D eigenvalue weighted by Gasteiger charge is -2.23. The highest BCUT2D eigenvalue weighted by Crippen LogP contribution is 2.12. The van der Waals surface area contributed by atoms with Gasteiger partial charge in [-0.25, -0.2) is 0 Å². The van der Waals surface area contributed by atoms with E-state index in [1.54, 1.807) is 0 Å². The average Bonchev–Trinajstić information content (AvgIpc) is 2.59. The lowest BCUT2D eigenvalue weighted by molar-refractivity contribution is 0.0742. The van der Waals surface area contributed by atoms with Gasteiger partial charge in [-0.1, -0.05) is 49.4 Å². The molecule has 0 saturated heterocycles. The number of amides is 1. The van der Waals surface area contributed by atoms with Crippen LogP contribution in [0.25, 0.3) is 0 Å². The Bertz CT molecular complexity index is 578. The first-order valence-electron chi connectivity index (χ1n) is 7.86. The molecule has 2 rings (SSSR count). The van der Waals surface area contributed by atoms with Crippen molar-refractivity contribution in [2.45, 2.75) is 26.3 Å². The van der Waals surface area contributed by atoms with E-state index >= 15 is 0 Å². The standard InChI is InChI=1S/C19H24N2O/c1-2-16-9-11-18(12-10-16)19(22)21(14-6-13-20)15-17-7-4-3-5-8-17/h3-5,7-12H,2,6,13-15,20H2,1H3. The van der Waals surface area contributed by atoms with Gasteiger partial charge in [0.15, 0.2) is 0 Å². The number of aryl methyl sites for hydroxylation is 1. The smallest absolute Gasteiger partial charge is 0.254 e. The predicted molar refractivity (Wildman–Crippen MR) is 90.7 cm³/mol. The number of nitrogens with zero attached hydrogens (tertiary/aromatic N) is 1. The summed E-state index contributed by atoms with van der Waals surface area (Å²) in [7, 11) is 0. The van der Waals surface area contributed by atoms with Crippen molar-refractivity contribution >= 4 is 5.91 Å². The summed E-state index contributed by atoms with van der Waals surface area (Å²) in [6.45, 7) is 4.00. The molecule has 0 aliphatic rings. The molecular weight excluding hydrogens is 272 g/mol. The van der Waals surface area contributed by atoms with Crippen LogP contribution in [0, 0.1) is 0 Å². The number of carbonyl (C=O) groups excluding carboxylic acids is 1. The van der Waals surface area contributed by atoms with Gasteiger partial charge in [-0.15, -0.1) is 0 Å². The first-order valence-corrected chi connectivity index (χ1v) is 7.86. The zero-order chi connectivity index (χ0) is 15.8. The molecule has 3 nitrogen and oxygen atoms in total. The maximum atomic E-state index is 12.7. The second-order valence-corrected chi connectivity index (χ2v) is 5.41. The lowest BCUT2D eigenvalue weighted by Crippen LogP contribution is -2.32. The first kappa shape index (κ1) is 16.2. The van der Waals surface area contributed by atoms with Crippen LogP contribution < -0.4 is 5.73 Å². The molecule has 0 radical (unpaired) electrons. The highest BCUT2D eigenvalue weighted by molar-refractivity contribution is 5.94. The molecule has 0 saturated carbocycles. The number of rotatable bonds is 7. The van der Waals surface area contributed by atoms with Gasteiger partial charge >= 0.3 is 0 Å². The molecule has 0 heterocycles. The Balaban J connectivity index is 2.14. The molecule has 0 atom stereocenters. The minimum Gasteiger partial charge on any atom is -0.334 e. The summed E-state index contributed by atoms with van der Waals surface area (Å²) in [5.74, 6) is 0.0694. The monoisotopic (exact) mass is 296 g/mol. The van der Waals surface area contributed by atoms with Crippen LogP contribution in [0.4, 0.5) is 0 Å². The quantitative estimate of drug-likeness (QED) is 0.852. The van der Waals surface area contributed by atoms with Crippen LogP contribution in [0.5, 0.6) is 0 Å². The van der Waals surface area contributed by atoms with E-state index < -0.39 is 0 Å². The van der Waals surface area contributed by atoms with Gasteiger partial charge in [0, 0.05) is 18.7 Å². The van der Waals surface area contributed by atoms with Crippen molar-refractivity contribution in [1.29, 1.82) is 0 Å². The Morgan fingerprint density at radius 3 is 2.27 bits per heavy atom. The molecule has 0 unspecified atom stereocenters. The number of benzene rings is 2. The molecule has 0 aliphatic carbocycles. The molecule has 22 heavy (non-hydrogen) atoms. The van der Waals surface area contributed by atoms with E-state index in [1.165, 1.54) is 5.56 Å². The number of carbonyl (C=O) groups is 1. The van der Waals surface area contributed by atoms with Gasteiger partial charge in [-0.2, -0.15) is 0 Å². The molecule has 0 spiro atoms. The zero-order valence-electron chi connectivity index (χ0n) is 13.2. The van der Waals surface area contributed by atoms with Crippen LogP contribution in [0.3, 0.4) is 0 Å². The van der Waals surface area contributed by atoms with E-state index in [2.05, 4.69) is 6.92 Å². The molecule has 0 aliphatic heterocycles. The second-order valence-electron chi connectivity index (χ2n) is 5.41. The maximum Gasteiger partial charge on any atom is 0.254 e. The number of hydrogen-bond acceptors (Lipinski definition) is 2. The van der Waals surface area contributed by atoms with Crippen molar-refractivity contribution in [3.05, 3.63) is 71.3 Å². The highest BCUT2D eigenvalue weighted by Gasteiger charge is 2.15. The third-order valence-corrected chi connectivity index (χ3v) is 3.74. The van der Waals surface area contributed by atoms with E-state index in [-0.39, 0.29) is 5.91 Å². The van der Waals surface area contributed by atoms with Crippen molar-refractivity contribution < 1.29 is 4.79 Å². The van der Waals surface area contributed by atoms with Gasteiger partial charge in [0.1, 0.15) is 0 Å². The van der Waals surface area contributed by atoms with Crippen LogP contribution >= 0.6 is 0 Å². The van der Waals surface area contributed by atoms with Gasteiger partial charge < -0.3 is 10.6 Å². The third kappa shape index (κ3) is 4.43. The Hall–Kier alpha value is -2.13. The molecule has 2 aromatic carbocycles. The summed E-state index contributed by atoms with van der Waals surface area (Å²) >= 11 is 0.